The van der Waals surface area contributed by atoms with Gasteiger partial charge in [0.2, 0.25) is 0 Å². The van der Waals surface area contributed by atoms with Crippen LogP contribution in [0, 0.1) is 0 Å². The number of carboxylic acids is 2. The van der Waals surface area contributed by atoms with E-state index in [1.54, 1.807) is 0 Å². The van der Waals surface area contributed by atoms with Gasteiger partial charge in [0.25, 0.3) is 0 Å². The number of nitrogens with zero attached hydrogens (tertiary/aromatic N) is 2. The first-order valence-electron chi connectivity index (χ1n) is 5.66. The van der Waals surface area contributed by atoms with Gasteiger partial charge in [0.1, 0.15) is 5.76 Å². The van der Waals surface area contributed by atoms with Gasteiger partial charge in [-0.1, -0.05) is 0 Å². The molecular formula is C13H12N2O6. The molecule has 0 unspecified atom stereocenters. The number of benzene rings is 1. The highest BCUT2D eigenvalue weighted by Crippen LogP contribution is 2.20. The first-order chi connectivity index (χ1) is 9.72. The Morgan fingerprint density at radius 1 is 0.905 bits per heavy atom. The van der Waals surface area contributed by atoms with E-state index in [0.29, 0.717) is 0 Å². The number of Topliss-reactive ketones (excluding diaryl/α,β-unsaturated/α-hetero) is 1. The lowest BCUT2D eigenvalue weighted by Crippen LogP contribution is -2.02. The van der Waals surface area contributed by atoms with Crippen LogP contribution in [0.2, 0.25) is 0 Å². The van der Waals surface area contributed by atoms with Gasteiger partial charge in [-0.3, -0.25) is 4.79 Å². The summed E-state index contributed by atoms with van der Waals surface area (Å²) in [7, 11) is 0. The zero-order valence-electron chi connectivity index (χ0n) is 11.2. The molecule has 8 heteroatoms. The minimum atomic E-state index is -1.32. The van der Waals surface area contributed by atoms with E-state index in [-0.39, 0.29) is 28.3 Å². The molecule has 0 saturated carbocycles. The number of aliphatic hydroxyl groups excluding tert-OH is 1. The zero-order chi connectivity index (χ0) is 16.2. The minimum absolute atomic E-state index is 0.0627. The Balaban J connectivity index is 3.31. The molecule has 0 radical (unpaired) electrons. The molecule has 0 aliphatic carbocycles. The highest BCUT2D eigenvalue weighted by atomic mass is 16.4. The zero-order valence-corrected chi connectivity index (χ0v) is 11.2. The number of rotatable bonds is 5. The van der Waals surface area contributed by atoms with Crippen LogP contribution in [0.5, 0.6) is 0 Å². The Kier molecular flexibility index (Phi) is 4.90. The molecule has 3 N–H and O–H groups in total. The molecule has 110 valence electrons. The molecule has 1 aromatic carbocycles. The van der Waals surface area contributed by atoms with E-state index in [9.17, 15) is 19.5 Å². The Bertz CT molecular complexity index is 639. The Morgan fingerprint density at radius 2 is 1.38 bits per heavy atom. The average molecular weight is 292 g/mol. The minimum Gasteiger partial charge on any atom is -0.510 e. The SMILES string of the molecule is CC(=O)/C(N=Nc1cc(C(=O)O)cc(C(=O)O)c1)=C(/C)O. The number of allylic oxidation sites excluding steroid dienone is 2. The van der Waals surface area contributed by atoms with Gasteiger partial charge in [0, 0.05) is 6.92 Å². The third-order valence-electron chi connectivity index (χ3n) is 2.35. The number of hydrogen-bond donors (Lipinski definition) is 3. The Labute approximate surface area is 119 Å². The molecule has 0 bridgehead atoms. The maximum atomic E-state index is 11.2. The van der Waals surface area contributed by atoms with Gasteiger partial charge in [-0.15, -0.1) is 5.11 Å². The quantitative estimate of drug-likeness (QED) is 0.433. The number of carbonyl (C=O) groups is 3. The van der Waals surface area contributed by atoms with Crippen LogP contribution < -0.4 is 0 Å². The van der Waals surface area contributed by atoms with E-state index < -0.39 is 17.7 Å². The fraction of sp³-hybridized carbons (Fsp3) is 0.154. The maximum absolute atomic E-state index is 11.2. The van der Waals surface area contributed by atoms with E-state index in [4.69, 9.17) is 10.2 Å². The van der Waals surface area contributed by atoms with Gasteiger partial charge < -0.3 is 15.3 Å². The largest absolute Gasteiger partial charge is 0.510 e. The fourth-order valence-electron chi connectivity index (χ4n) is 1.42. The van der Waals surface area contributed by atoms with Crippen LogP contribution in [0.25, 0.3) is 0 Å². The van der Waals surface area contributed by atoms with Crippen molar-refractivity contribution in [2.75, 3.05) is 0 Å². The molecule has 0 heterocycles. The summed E-state index contributed by atoms with van der Waals surface area (Å²) in [5, 5.41) is 34.2. The molecule has 1 aromatic rings. The van der Waals surface area contributed by atoms with Crippen molar-refractivity contribution in [1.82, 2.24) is 0 Å². The third-order valence-corrected chi connectivity index (χ3v) is 2.35. The lowest BCUT2D eigenvalue weighted by molar-refractivity contribution is -0.113. The first kappa shape index (κ1) is 16.0. The highest BCUT2D eigenvalue weighted by molar-refractivity contribution is 5.95. The average Bonchev–Trinajstić information content (AvgIpc) is 2.37. The van der Waals surface area contributed by atoms with E-state index in [0.717, 1.165) is 18.2 Å². The molecule has 21 heavy (non-hydrogen) atoms. The number of hydrogen-bond acceptors (Lipinski definition) is 6. The van der Waals surface area contributed by atoms with Crippen molar-refractivity contribution < 1.29 is 29.7 Å². The number of azo groups is 1. The lowest BCUT2D eigenvalue weighted by atomic mass is 10.1. The van der Waals surface area contributed by atoms with Crippen LogP contribution in [0.15, 0.2) is 39.9 Å². The second-order valence-electron chi connectivity index (χ2n) is 4.07. The van der Waals surface area contributed by atoms with Gasteiger partial charge in [-0.25, -0.2) is 9.59 Å². The monoisotopic (exact) mass is 292 g/mol. The van der Waals surface area contributed by atoms with Crippen LogP contribution in [-0.4, -0.2) is 33.0 Å². The van der Waals surface area contributed by atoms with Crippen molar-refractivity contribution >= 4 is 23.4 Å². The van der Waals surface area contributed by atoms with Crippen LogP contribution >= 0.6 is 0 Å². The lowest BCUT2D eigenvalue weighted by Gasteiger charge is -2.01. The van der Waals surface area contributed by atoms with Crippen LogP contribution in [0.3, 0.4) is 0 Å². The summed E-state index contributed by atoms with van der Waals surface area (Å²) < 4.78 is 0. The summed E-state index contributed by atoms with van der Waals surface area (Å²) in [6.45, 7) is 2.41. The van der Waals surface area contributed by atoms with Gasteiger partial charge in [0.15, 0.2) is 11.5 Å². The molecule has 1 rings (SSSR count). The number of ketones is 1. The number of carbonyl (C=O) groups excluding carboxylic acids is 1. The molecule has 0 atom stereocenters. The summed E-state index contributed by atoms with van der Waals surface area (Å²) in [4.78, 5) is 33.0. The summed E-state index contributed by atoms with van der Waals surface area (Å²) in [5.41, 5.74) is -0.921. The van der Waals surface area contributed by atoms with Crippen LogP contribution in [-0.2, 0) is 4.79 Å². The van der Waals surface area contributed by atoms with Crippen molar-refractivity contribution in [1.29, 1.82) is 0 Å². The second kappa shape index (κ2) is 6.42. The number of aliphatic hydroxyl groups is 1. The summed E-state index contributed by atoms with van der Waals surface area (Å²) in [6.07, 6.45) is 0. The number of aromatic carboxylic acids is 2. The van der Waals surface area contributed by atoms with Crippen molar-refractivity contribution in [3.8, 4) is 0 Å². The number of carboxylic acid groups (broad SMARTS) is 2. The molecule has 8 nitrogen and oxygen atoms in total. The molecule has 0 aromatic heterocycles. The van der Waals surface area contributed by atoms with Crippen molar-refractivity contribution in [3.05, 3.63) is 40.8 Å². The van der Waals surface area contributed by atoms with Crippen molar-refractivity contribution in [3.63, 3.8) is 0 Å². The van der Waals surface area contributed by atoms with Crippen molar-refractivity contribution in [2.45, 2.75) is 13.8 Å². The Morgan fingerprint density at radius 3 is 1.71 bits per heavy atom. The summed E-state index contributed by atoms with van der Waals surface area (Å²) >= 11 is 0. The smallest absolute Gasteiger partial charge is 0.335 e. The predicted molar refractivity (Wildman–Crippen MR) is 70.9 cm³/mol. The first-order valence-corrected chi connectivity index (χ1v) is 5.66. The predicted octanol–water partition coefficient (Wildman–Crippen LogP) is 2.55. The molecule has 0 aliphatic rings. The van der Waals surface area contributed by atoms with Crippen LogP contribution in [0.4, 0.5) is 5.69 Å². The van der Waals surface area contributed by atoms with Crippen molar-refractivity contribution in [2.24, 2.45) is 10.2 Å². The van der Waals surface area contributed by atoms with Gasteiger partial charge >= 0.3 is 11.9 Å². The maximum Gasteiger partial charge on any atom is 0.335 e. The van der Waals surface area contributed by atoms with E-state index in [2.05, 4.69) is 10.2 Å². The second-order valence-corrected chi connectivity index (χ2v) is 4.07. The molecular weight excluding hydrogens is 280 g/mol. The van der Waals surface area contributed by atoms with E-state index in [1.807, 2.05) is 0 Å². The van der Waals surface area contributed by atoms with Gasteiger partial charge in [0.05, 0.1) is 16.8 Å². The van der Waals surface area contributed by atoms with E-state index in [1.165, 1.54) is 13.8 Å². The fourth-order valence-corrected chi connectivity index (χ4v) is 1.42. The van der Waals surface area contributed by atoms with E-state index >= 15 is 0 Å². The molecule has 0 amide bonds. The third kappa shape index (κ3) is 4.23. The highest BCUT2D eigenvalue weighted by Gasteiger charge is 2.12. The summed E-state index contributed by atoms with van der Waals surface area (Å²) in [6, 6.07) is 3.17. The topological polar surface area (TPSA) is 137 Å². The molecule has 0 saturated heterocycles. The van der Waals surface area contributed by atoms with Gasteiger partial charge in [-0.2, -0.15) is 5.11 Å². The van der Waals surface area contributed by atoms with Gasteiger partial charge in [-0.05, 0) is 25.1 Å². The molecule has 0 spiro atoms. The molecule has 0 aliphatic heterocycles. The normalized spacial score (nSPS) is 12.1. The summed E-state index contributed by atoms with van der Waals surface area (Å²) in [5.74, 6) is -3.53. The van der Waals surface area contributed by atoms with Crippen LogP contribution in [0.1, 0.15) is 34.6 Å². The standard InChI is InChI=1S/C13H12N2O6/c1-6(16)11(7(2)17)15-14-10-4-8(12(18)19)3-9(5-10)13(20)21/h3-5,16H,1-2H3,(H,18,19)(H,20,21)/b11-6+,15-14?. The Hall–Kier alpha value is -3.03. The molecule has 0 fully saturated rings.